The molecule has 0 bridgehead atoms. The van der Waals surface area contributed by atoms with Crippen LogP contribution in [0.15, 0.2) is 74.3 Å². The maximum absolute atomic E-state index is 12.1. The summed E-state index contributed by atoms with van der Waals surface area (Å²) < 4.78 is 6.85. The number of hydrogen-bond donors (Lipinski definition) is 1. The molecule has 0 atom stereocenters. The van der Waals surface area contributed by atoms with Crippen LogP contribution in [-0.2, 0) is 0 Å². The van der Waals surface area contributed by atoms with Crippen LogP contribution in [0.25, 0.3) is 34.4 Å². The first-order chi connectivity index (χ1) is 12.2. The number of nitrogens with zero attached hydrogens (tertiary/aromatic N) is 1. The molecule has 0 saturated carbocycles. The van der Waals surface area contributed by atoms with Gasteiger partial charge in [-0.05, 0) is 48.6 Å². The van der Waals surface area contributed by atoms with Gasteiger partial charge in [0.05, 0.1) is 10.9 Å². The second-order valence-corrected chi connectivity index (χ2v) is 6.43. The van der Waals surface area contributed by atoms with Crippen molar-refractivity contribution in [3.8, 4) is 11.3 Å². The van der Waals surface area contributed by atoms with E-state index < -0.39 is 0 Å². The average Bonchev–Trinajstić information content (AvgIpc) is 3.10. The van der Waals surface area contributed by atoms with Crippen molar-refractivity contribution in [3.63, 3.8) is 0 Å². The van der Waals surface area contributed by atoms with Crippen molar-refractivity contribution in [3.05, 3.63) is 87.1 Å². The van der Waals surface area contributed by atoms with Gasteiger partial charge in [0.25, 0.3) is 5.56 Å². The summed E-state index contributed by atoms with van der Waals surface area (Å²) in [5.41, 5.74) is 1.52. The number of halogens is 1. The Hall–Kier alpha value is -2.92. The van der Waals surface area contributed by atoms with Gasteiger partial charge < -0.3 is 9.40 Å². The van der Waals surface area contributed by atoms with Crippen molar-refractivity contribution in [1.29, 1.82) is 0 Å². The molecule has 4 nitrogen and oxygen atoms in total. The number of aromatic nitrogens is 2. The lowest BCUT2D eigenvalue weighted by Crippen LogP contribution is -2.09. The Morgan fingerprint density at radius 3 is 2.60 bits per heavy atom. The van der Waals surface area contributed by atoms with E-state index in [9.17, 15) is 4.79 Å². The summed E-state index contributed by atoms with van der Waals surface area (Å²) in [6, 6.07) is 19.0. The van der Waals surface area contributed by atoms with E-state index >= 15 is 0 Å². The molecule has 0 aliphatic rings. The van der Waals surface area contributed by atoms with Gasteiger partial charge in [-0.25, -0.2) is 4.98 Å². The number of nitrogens with one attached hydrogen (secondary N) is 1. The third-order valence-corrected chi connectivity index (χ3v) is 4.32. The van der Waals surface area contributed by atoms with Crippen LogP contribution in [0.2, 0.25) is 0 Å². The number of fused-ring (bicyclic) bond motifs is 1. The van der Waals surface area contributed by atoms with Crippen molar-refractivity contribution in [1.82, 2.24) is 9.97 Å². The number of rotatable bonds is 3. The number of H-pyrrole nitrogens is 1. The monoisotopic (exact) mass is 392 g/mol. The third-order valence-electron chi connectivity index (χ3n) is 3.79. The molecule has 25 heavy (non-hydrogen) atoms. The highest BCUT2D eigenvalue weighted by atomic mass is 79.9. The molecule has 2 aromatic heterocycles. The van der Waals surface area contributed by atoms with Gasteiger partial charge >= 0.3 is 0 Å². The van der Waals surface area contributed by atoms with Gasteiger partial charge in [0.1, 0.15) is 17.3 Å². The maximum Gasteiger partial charge on any atom is 0.259 e. The van der Waals surface area contributed by atoms with Gasteiger partial charge in [-0.3, -0.25) is 4.79 Å². The first-order valence-corrected chi connectivity index (χ1v) is 8.51. The third kappa shape index (κ3) is 3.32. The molecular weight excluding hydrogens is 380 g/mol. The van der Waals surface area contributed by atoms with Crippen LogP contribution in [-0.4, -0.2) is 9.97 Å². The first-order valence-electron chi connectivity index (χ1n) is 7.72. The summed E-state index contributed by atoms with van der Waals surface area (Å²) in [5.74, 6) is 1.96. The molecule has 0 fully saturated rings. The SMILES string of the molecule is O=c1[nH]c(/C=C/c2ccc(-c3ccc(Br)cc3)o2)nc2ccccc12. The highest BCUT2D eigenvalue weighted by Crippen LogP contribution is 2.24. The molecule has 1 N–H and O–H groups in total. The van der Waals surface area contributed by atoms with Crippen molar-refractivity contribution in [2.24, 2.45) is 0 Å². The van der Waals surface area contributed by atoms with E-state index in [4.69, 9.17) is 4.42 Å². The molecule has 122 valence electrons. The molecule has 0 spiro atoms. The smallest absolute Gasteiger partial charge is 0.259 e. The summed E-state index contributed by atoms with van der Waals surface area (Å²) in [7, 11) is 0. The fourth-order valence-corrected chi connectivity index (χ4v) is 2.82. The van der Waals surface area contributed by atoms with Gasteiger partial charge in [-0.15, -0.1) is 0 Å². The average molecular weight is 393 g/mol. The van der Waals surface area contributed by atoms with Crippen LogP contribution >= 0.6 is 15.9 Å². The van der Waals surface area contributed by atoms with Gasteiger partial charge in [-0.1, -0.05) is 40.2 Å². The van der Waals surface area contributed by atoms with Crippen LogP contribution in [0.5, 0.6) is 0 Å². The van der Waals surface area contributed by atoms with E-state index in [-0.39, 0.29) is 5.56 Å². The summed E-state index contributed by atoms with van der Waals surface area (Å²) in [6.07, 6.45) is 3.52. The van der Waals surface area contributed by atoms with Crippen LogP contribution in [0.1, 0.15) is 11.6 Å². The molecule has 0 unspecified atom stereocenters. The van der Waals surface area contributed by atoms with Gasteiger partial charge in [0.2, 0.25) is 0 Å². The summed E-state index contributed by atoms with van der Waals surface area (Å²) in [6.45, 7) is 0. The molecule has 0 saturated heterocycles. The minimum absolute atomic E-state index is 0.153. The van der Waals surface area contributed by atoms with E-state index in [0.717, 1.165) is 15.8 Å². The molecule has 4 aromatic rings. The molecular formula is C20H13BrN2O2. The second kappa shape index (κ2) is 6.53. The zero-order valence-corrected chi connectivity index (χ0v) is 14.7. The second-order valence-electron chi connectivity index (χ2n) is 5.51. The fraction of sp³-hybridized carbons (Fsp3) is 0. The van der Waals surface area contributed by atoms with E-state index in [1.165, 1.54) is 0 Å². The first kappa shape index (κ1) is 15.6. The Morgan fingerprint density at radius 1 is 0.960 bits per heavy atom. The van der Waals surface area contributed by atoms with Crippen LogP contribution in [0.4, 0.5) is 0 Å². The Labute approximate surface area is 152 Å². The molecule has 5 heteroatoms. The van der Waals surface area contributed by atoms with E-state index in [1.807, 2.05) is 54.6 Å². The molecule has 2 heterocycles. The van der Waals surface area contributed by atoms with Crippen molar-refractivity contribution in [2.75, 3.05) is 0 Å². The van der Waals surface area contributed by atoms with E-state index in [2.05, 4.69) is 25.9 Å². The van der Waals surface area contributed by atoms with Gasteiger partial charge in [0, 0.05) is 10.0 Å². The van der Waals surface area contributed by atoms with Crippen LogP contribution in [0.3, 0.4) is 0 Å². The topological polar surface area (TPSA) is 58.9 Å². The number of para-hydroxylation sites is 1. The van der Waals surface area contributed by atoms with Crippen molar-refractivity contribution < 1.29 is 4.42 Å². The fourth-order valence-electron chi connectivity index (χ4n) is 2.56. The van der Waals surface area contributed by atoms with Crippen molar-refractivity contribution in [2.45, 2.75) is 0 Å². The van der Waals surface area contributed by atoms with Gasteiger partial charge in [-0.2, -0.15) is 0 Å². The summed E-state index contributed by atoms with van der Waals surface area (Å²) in [4.78, 5) is 19.3. The quantitative estimate of drug-likeness (QED) is 0.526. The number of benzene rings is 2. The predicted octanol–water partition coefficient (Wildman–Crippen LogP) is 5.12. The Kier molecular flexibility index (Phi) is 4.07. The van der Waals surface area contributed by atoms with Crippen molar-refractivity contribution >= 4 is 39.0 Å². The molecule has 0 aliphatic heterocycles. The summed E-state index contributed by atoms with van der Waals surface area (Å²) in [5, 5.41) is 0.579. The minimum Gasteiger partial charge on any atom is -0.457 e. The standard InChI is InChI=1S/C20H13BrN2O2/c21-14-7-5-13(6-8-14)18-11-9-15(25-18)10-12-19-22-17-4-2-1-3-16(17)20(24)23-19/h1-12H,(H,22,23,24)/b12-10+. The number of aromatic amines is 1. The number of hydrogen-bond acceptors (Lipinski definition) is 3. The van der Waals surface area contributed by atoms with Gasteiger partial charge in [0.15, 0.2) is 0 Å². The van der Waals surface area contributed by atoms with Crippen LogP contribution in [0, 0.1) is 0 Å². The Morgan fingerprint density at radius 2 is 1.76 bits per heavy atom. The molecule has 2 aromatic carbocycles. The summed E-state index contributed by atoms with van der Waals surface area (Å²) >= 11 is 3.42. The van der Waals surface area contributed by atoms with E-state index in [0.29, 0.717) is 22.5 Å². The lowest BCUT2D eigenvalue weighted by Gasteiger charge is -1.98. The minimum atomic E-state index is -0.153. The zero-order valence-electron chi connectivity index (χ0n) is 13.1. The largest absolute Gasteiger partial charge is 0.457 e. The zero-order chi connectivity index (χ0) is 17.2. The van der Waals surface area contributed by atoms with Crippen LogP contribution < -0.4 is 5.56 Å². The lowest BCUT2D eigenvalue weighted by atomic mass is 10.2. The van der Waals surface area contributed by atoms with E-state index in [1.54, 1.807) is 18.2 Å². The molecule has 0 aliphatic carbocycles. The normalized spacial score (nSPS) is 11.4. The number of furan rings is 1. The molecule has 0 radical (unpaired) electrons. The molecule has 0 amide bonds. The highest BCUT2D eigenvalue weighted by Gasteiger charge is 2.04. The Balaban J connectivity index is 1.62. The Bertz CT molecular complexity index is 1120. The highest BCUT2D eigenvalue weighted by molar-refractivity contribution is 9.10. The molecule has 4 rings (SSSR count). The predicted molar refractivity (Wildman–Crippen MR) is 103 cm³/mol. The lowest BCUT2D eigenvalue weighted by molar-refractivity contribution is 0.572. The maximum atomic E-state index is 12.1.